The van der Waals surface area contributed by atoms with Crippen LogP contribution < -0.4 is 5.14 Å². The molecule has 8 heteroatoms. The molecule has 0 amide bonds. The third kappa shape index (κ3) is 2.88. The van der Waals surface area contributed by atoms with E-state index in [0.717, 1.165) is 10.9 Å². The molecule has 0 aliphatic heterocycles. The normalized spacial score (nSPS) is 11.7. The Hall–Kier alpha value is -3.10. The molecule has 0 aliphatic carbocycles. The summed E-state index contributed by atoms with van der Waals surface area (Å²) in [5.74, 6) is 0.441. The van der Waals surface area contributed by atoms with Crippen LogP contribution in [-0.2, 0) is 10.0 Å². The predicted molar refractivity (Wildman–Crippen MR) is 91.8 cm³/mol. The van der Waals surface area contributed by atoms with E-state index in [4.69, 9.17) is 9.66 Å². The summed E-state index contributed by atoms with van der Waals surface area (Å²) in [6, 6.07) is 15.6. The molecule has 2 heterocycles. The molecule has 0 saturated heterocycles. The van der Waals surface area contributed by atoms with E-state index in [1.54, 1.807) is 24.4 Å². The van der Waals surface area contributed by atoms with Crippen LogP contribution in [0.25, 0.3) is 33.7 Å². The van der Waals surface area contributed by atoms with Crippen molar-refractivity contribution in [1.29, 1.82) is 0 Å². The number of pyridine rings is 1. The molecule has 2 N–H and O–H groups in total. The molecular weight excluding hydrogens is 340 g/mol. The Morgan fingerprint density at radius 2 is 1.84 bits per heavy atom. The third-order valence-corrected chi connectivity index (χ3v) is 4.68. The summed E-state index contributed by atoms with van der Waals surface area (Å²) < 4.78 is 28.8. The summed E-state index contributed by atoms with van der Waals surface area (Å²) in [4.78, 5) is 8.52. The molecule has 2 aromatic carbocycles. The van der Waals surface area contributed by atoms with Crippen LogP contribution in [0.15, 0.2) is 70.2 Å². The van der Waals surface area contributed by atoms with Crippen LogP contribution >= 0.6 is 0 Å². The lowest BCUT2D eigenvalue weighted by Gasteiger charge is -2.02. The standard InChI is InChI=1S/C17H12N4O3S/c18-25(22,23)15-6-2-1-5-13(15)16-20-17(24-21-16)12-7-8-14-11(10-12)4-3-9-19-14/h1-10H,(H2,18,22,23). The van der Waals surface area contributed by atoms with E-state index in [2.05, 4.69) is 15.1 Å². The van der Waals surface area contributed by atoms with E-state index in [-0.39, 0.29) is 16.6 Å². The first-order valence-electron chi connectivity index (χ1n) is 7.33. The number of rotatable bonds is 3. The Labute approximate surface area is 143 Å². The monoisotopic (exact) mass is 352 g/mol. The highest BCUT2D eigenvalue weighted by molar-refractivity contribution is 7.89. The molecule has 0 spiro atoms. The van der Waals surface area contributed by atoms with Gasteiger partial charge in [0.2, 0.25) is 15.8 Å². The van der Waals surface area contributed by atoms with Crippen LogP contribution in [-0.4, -0.2) is 23.5 Å². The molecule has 0 unspecified atom stereocenters. The number of hydrogen-bond acceptors (Lipinski definition) is 6. The third-order valence-electron chi connectivity index (χ3n) is 3.71. The Morgan fingerprint density at radius 3 is 2.68 bits per heavy atom. The number of sulfonamides is 1. The molecule has 0 fully saturated rings. The molecule has 0 bridgehead atoms. The first kappa shape index (κ1) is 15.4. The molecule has 7 nitrogen and oxygen atoms in total. The Kier molecular flexibility index (Phi) is 3.56. The SMILES string of the molecule is NS(=O)(=O)c1ccccc1-c1noc(-c2ccc3ncccc3c2)n1. The molecule has 4 rings (SSSR count). The fourth-order valence-electron chi connectivity index (χ4n) is 2.56. The van der Waals surface area contributed by atoms with Crippen LogP contribution in [0.2, 0.25) is 0 Å². The smallest absolute Gasteiger partial charge is 0.258 e. The molecule has 25 heavy (non-hydrogen) atoms. The van der Waals surface area contributed by atoms with Crippen molar-refractivity contribution in [2.24, 2.45) is 5.14 Å². The summed E-state index contributed by atoms with van der Waals surface area (Å²) in [6.07, 6.45) is 1.72. The van der Waals surface area contributed by atoms with Crippen LogP contribution in [0.4, 0.5) is 0 Å². The molecule has 0 atom stereocenters. The van der Waals surface area contributed by atoms with Gasteiger partial charge in [-0.05, 0) is 36.4 Å². The summed E-state index contributed by atoms with van der Waals surface area (Å²) in [5.41, 5.74) is 1.86. The van der Waals surface area contributed by atoms with Gasteiger partial charge < -0.3 is 4.52 Å². The average molecular weight is 352 g/mol. The average Bonchev–Trinajstić information content (AvgIpc) is 3.10. The van der Waals surface area contributed by atoms with Crippen LogP contribution in [0.1, 0.15) is 0 Å². The van der Waals surface area contributed by atoms with Gasteiger partial charge in [-0.2, -0.15) is 4.98 Å². The molecule has 0 radical (unpaired) electrons. The second kappa shape index (κ2) is 5.76. The van der Waals surface area contributed by atoms with E-state index in [1.165, 1.54) is 6.07 Å². The van der Waals surface area contributed by atoms with Crippen molar-refractivity contribution in [1.82, 2.24) is 15.1 Å². The van der Waals surface area contributed by atoms with E-state index in [0.29, 0.717) is 11.1 Å². The summed E-state index contributed by atoms with van der Waals surface area (Å²) in [5, 5.41) is 10.1. The van der Waals surface area contributed by atoms with Gasteiger partial charge in [-0.15, -0.1) is 0 Å². The van der Waals surface area contributed by atoms with Gasteiger partial charge in [-0.1, -0.05) is 23.4 Å². The molecule has 0 aliphatic rings. The van der Waals surface area contributed by atoms with E-state index < -0.39 is 10.0 Å². The summed E-state index contributed by atoms with van der Waals surface area (Å²) in [6.45, 7) is 0. The van der Waals surface area contributed by atoms with Gasteiger partial charge in [0.15, 0.2) is 0 Å². The molecular formula is C17H12N4O3S. The van der Waals surface area contributed by atoms with E-state index in [9.17, 15) is 8.42 Å². The highest BCUT2D eigenvalue weighted by Crippen LogP contribution is 2.28. The van der Waals surface area contributed by atoms with Gasteiger partial charge in [0.1, 0.15) is 0 Å². The molecule has 0 saturated carbocycles. The minimum absolute atomic E-state index is 0.0509. The minimum atomic E-state index is -3.90. The largest absolute Gasteiger partial charge is 0.334 e. The number of benzene rings is 2. The van der Waals surface area contributed by atoms with Crippen molar-refractivity contribution in [3.63, 3.8) is 0 Å². The Balaban J connectivity index is 1.80. The maximum Gasteiger partial charge on any atom is 0.258 e. The van der Waals surface area contributed by atoms with E-state index in [1.807, 2.05) is 30.3 Å². The predicted octanol–water partition coefficient (Wildman–Crippen LogP) is 2.60. The maximum atomic E-state index is 11.7. The minimum Gasteiger partial charge on any atom is -0.334 e. The molecule has 2 aromatic heterocycles. The maximum absolute atomic E-state index is 11.7. The van der Waals surface area contributed by atoms with Gasteiger partial charge in [0.05, 0.1) is 10.4 Å². The van der Waals surface area contributed by atoms with E-state index >= 15 is 0 Å². The molecule has 124 valence electrons. The zero-order chi connectivity index (χ0) is 17.4. The van der Waals surface area contributed by atoms with Crippen molar-refractivity contribution < 1.29 is 12.9 Å². The molecule has 4 aromatic rings. The second-order valence-corrected chi connectivity index (χ2v) is 6.91. The van der Waals surface area contributed by atoms with Gasteiger partial charge in [0.25, 0.3) is 5.89 Å². The van der Waals surface area contributed by atoms with Crippen molar-refractivity contribution in [3.8, 4) is 22.8 Å². The van der Waals surface area contributed by atoms with Crippen LogP contribution in [0.3, 0.4) is 0 Å². The first-order valence-corrected chi connectivity index (χ1v) is 8.88. The van der Waals surface area contributed by atoms with Gasteiger partial charge in [-0.25, -0.2) is 13.6 Å². The Bertz CT molecular complexity index is 1190. The van der Waals surface area contributed by atoms with Crippen molar-refractivity contribution in [2.45, 2.75) is 4.90 Å². The zero-order valence-electron chi connectivity index (χ0n) is 12.8. The van der Waals surface area contributed by atoms with Crippen LogP contribution in [0.5, 0.6) is 0 Å². The van der Waals surface area contributed by atoms with Gasteiger partial charge in [-0.3, -0.25) is 4.98 Å². The lowest BCUT2D eigenvalue weighted by Crippen LogP contribution is -2.13. The quantitative estimate of drug-likeness (QED) is 0.606. The van der Waals surface area contributed by atoms with Crippen molar-refractivity contribution >= 4 is 20.9 Å². The first-order chi connectivity index (χ1) is 12.0. The summed E-state index contributed by atoms with van der Waals surface area (Å²) in [7, 11) is -3.90. The highest BCUT2D eigenvalue weighted by Gasteiger charge is 2.19. The number of hydrogen-bond donors (Lipinski definition) is 1. The fourth-order valence-corrected chi connectivity index (χ4v) is 3.29. The lowest BCUT2D eigenvalue weighted by atomic mass is 10.1. The Morgan fingerprint density at radius 1 is 1.00 bits per heavy atom. The lowest BCUT2D eigenvalue weighted by molar-refractivity contribution is 0.432. The van der Waals surface area contributed by atoms with Crippen molar-refractivity contribution in [3.05, 3.63) is 60.8 Å². The van der Waals surface area contributed by atoms with Gasteiger partial charge in [0, 0.05) is 22.7 Å². The number of primary sulfonamides is 1. The topological polar surface area (TPSA) is 112 Å². The van der Waals surface area contributed by atoms with Crippen LogP contribution in [0, 0.1) is 0 Å². The number of fused-ring (bicyclic) bond motifs is 1. The van der Waals surface area contributed by atoms with Gasteiger partial charge >= 0.3 is 0 Å². The highest BCUT2D eigenvalue weighted by atomic mass is 32.2. The number of nitrogens with zero attached hydrogens (tertiary/aromatic N) is 3. The number of aromatic nitrogens is 3. The van der Waals surface area contributed by atoms with Crippen molar-refractivity contribution in [2.75, 3.05) is 0 Å². The zero-order valence-corrected chi connectivity index (χ0v) is 13.6. The second-order valence-electron chi connectivity index (χ2n) is 5.38. The fraction of sp³-hybridized carbons (Fsp3) is 0. The number of nitrogens with two attached hydrogens (primary N) is 1. The summed E-state index contributed by atoms with van der Waals surface area (Å²) >= 11 is 0.